The maximum absolute atomic E-state index is 13.0. The van der Waals surface area contributed by atoms with Gasteiger partial charge in [-0.3, -0.25) is 9.59 Å². The number of carboxylic acid groups (broad SMARTS) is 1. The lowest BCUT2D eigenvalue weighted by Crippen LogP contribution is -2.31. The van der Waals surface area contributed by atoms with Crippen molar-refractivity contribution >= 4 is 29.4 Å². The molecule has 7 nitrogen and oxygen atoms in total. The number of methoxy groups -OCH3 is 1. The van der Waals surface area contributed by atoms with E-state index in [4.69, 9.17) is 9.84 Å². The Balaban J connectivity index is 1.83. The molecule has 1 N–H and O–H groups in total. The summed E-state index contributed by atoms with van der Waals surface area (Å²) in [5, 5.41) is 9.17. The molecule has 2 amide bonds. The van der Waals surface area contributed by atoms with Gasteiger partial charge in [0.05, 0.1) is 35.1 Å². The molecule has 0 aliphatic carbocycles. The number of aromatic carboxylic acids is 1. The van der Waals surface area contributed by atoms with E-state index < -0.39 is 23.8 Å². The zero-order chi connectivity index (χ0) is 21.4. The third kappa shape index (κ3) is 3.02. The highest BCUT2D eigenvalue weighted by Gasteiger charge is 2.39. The molecule has 7 heteroatoms. The van der Waals surface area contributed by atoms with Crippen molar-refractivity contribution in [3.05, 3.63) is 89.0 Å². The first-order valence-electron chi connectivity index (χ1n) is 8.96. The smallest absolute Gasteiger partial charge is 0.340 e. The van der Waals surface area contributed by atoms with Gasteiger partial charge >= 0.3 is 11.9 Å². The number of carbonyl (C=O) groups is 4. The monoisotopic (exact) mass is 401 g/mol. The average Bonchev–Trinajstić information content (AvgIpc) is 3.03. The van der Waals surface area contributed by atoms with Crippen molar-refractivity contribution in [3.63, 3.8) is 0 Å². The highest BCUT2D eigenvalue weighted by atomic mass is 16.5. The summed E-state index contributed by atoms with van der Waals surface area (Å²) in [6.07, 6.45) is 0. The Bertz CT molecular complexity index is 1220. The summed E-state index contributed by atoms with van der Waals surface area (Å²) >= 11 is 0. The fourth-order valence-electron chi connectivity index (χ4n) is 3.41. The summed E-state index contributed by atoms with van der Waals surface area (Å²) in [6, 6.07) is 17.8. The number of benzene rings is 3. The molecule has 0 aromatic heterocycles. The first-order chi connectivity index (χ1) is 14.4. The lowest BCUT2D eigenvalue weighted by Gasteiger charge is -2.18. The average molecular weight is 401 g/mol. The minimum Gasteiger partial charge on any atom is -0.478 e. The van der Waals surface area contributed by atoms with E-state index in [1.807, 2.05) is 30.3 Å². The molecule has 3 aromatic rings. The van der Waals surface area contributed by atoms with Crippen LogP contribution in [-0.4, -0.2) is 36.0 Å². The Morgan fingerprint density at radius 1 is 0.833 bits per heavy atom. The molecule has 148 valence electrons. The highest BCUT2D eigenvalue weighted by molar-refractivity contribution is 6.35. The van der Waals surface area contributed by atoms with E-state index >= 15 is 0 Å². The first kappa shape index (κ1) is 19.1. The van der Waals surface area contributed by atoms with Crippen molar-refractivity contribution in [1.29, 1.82) is 0 Å². The molecule has 0 radical (unpaired) electrons. The van der Waals surface area contributed by atoms with Crippen molar-refractivity contribution in [2.24, 2.45) is 0 Å². The minimum absolute atomic E-state index is 0.0251. The topological polar surface area (TPSA) is 101 Å². The maximum Gasteiger partial charge on any atom is 0.340 e. The van der Waals surface area contributed by atoms with E-state index in [-0.39, 0.29) is 27.9 Å². The molecule has 0 unspecified atom stereocenters. The lowest BCUT2D eigenvalue weighted by molar-refractivity contribution is 0.0600. The van der Waals surface area contributed by atoms with Crippen molar-refractivity contribution < 1.29 is 29.0 Å². The number of anilines is 1. The fraction of sp³-hybridized carbons (Fsp3) is 0.0435. The van der Waals surface area contributed by atoms with E-state index in [1.54, 1.807) is 12.1 Å². The van der Waals surface area contributed by atoms with Gasteiger partial charge in [0.25, 0.3) is 11.8 Å². The van der Waals surface area contributed by atoms with Crippen LogP contribution in [0.25, 0.3) is 11.1 Å². The second-order valence-corrected chi connectivity index (χ2v) is 6.60. The molecule has 4 rings (SSSR count). The van der Waals surface area contributed by atoms with Crippen LogP contribution in [0, 0.1) is 0 Å². The summed E-state index contributed by atoms with van der Waals surface area (Å²) in [5.74, 6) is -3.25. The third-order valence-electron chi connectivity index (χ3n) is 4.88. The molecule has 0 saturated carbocycles. The number of amides is 2. The molecule has 1 aliphatic heterocycles. The summed E-state index contributed by atoms with van der Waals surface area (Å²) < 4.78 is 4.86. The number of carbonyl (C=O) groups excluding carboxylic acids is 3. The van der Waals surface area contributed by atoms with Crippen LogP contribution < -0.4 is 4.90 Å². The maximum atomic E-state index is 13.0. The first-order valence-corrected chi connectivity index (χ1v) is 8.96. The van der Waals surface area contributed by atoms with Crippen LogP contribution in [0.3, 0.4) is 0 Å². The number of esters is 1. The molecule has 0 fully saturated rings. The zero-order valence-electron chi connectivity index (χ0n) is 15.8. The Kier molecular flexibility index (Phi) is 4.63. The van der Waals surface area contributed by atoms with Gasteiger partial charge in [-0.05, 0) is 41.5 Å². The van der Waals surface area contributed by atoms with Gasteiger partial charge in [-0.2, -0.15) is 0 Å². The molecule has 0 bridgehead atoms. The van der Waals surface area contributed by atoms with Crippen molar-refractivity contribution in [2.45, 2.75) is 0 Å². The van der Waals surface area contributed by atoms with Crippen LogP contribution in [-0.2, 0) is 4.74 Å². The molecule has 0 spiro atoms. The standard InChI is InChI=1S/C23H15NO6/c1-30-23(29)18-11-14(13-5-3-2-4-6-13)8-10-19(18)24-20(25)16-9-7-15(22(27)28)12-17(16)21(24)26/h2-12H,1H3,(H,27,28). The van der Waals surface area contributed by atoms with Crippen LogP contribution >= 0.6 is 0 Å². The van der Waals surface area contributed by atoms with E-state index in [9.17, 15) is 19.2 Å². The van der Waals surface area contributed by atoms with Crippen LogP contribution in [0.2, 0.25) is 0 Å². The second kappa shape index (κ2) is 7.29. The van der Waals surface area contributed by atoms with E-state index in [2.05, 4.69) is 0 Å². The number of nitrogens with zero attached hydrogens (tertiary/aromatic N) is 1. The molecule has 3 aromatic carbocycles. The van der Waals surface area contributed by atoms with Gasteiger partial charge in [-0.25, -0.2) is 14.5 Å². The van der Waals surface area contributed by atoms with Gasteiger partial charge in [-0.15, -0.1) is 0 Å². The van der Waals surface area contributed by atoms with Gasteiger partial charge in [0.2, 0.25) is 0 Å². The van der Waals surface area contributed by atoms with Gasteiger partial charge in [0, 0.05) is 0 Å². The number of ether oxygens (including phenoxy) is 1. The van der Waals surface area contributed by atoms with Crippen molar-refractivity contribution in [1.82, 2.24) is 0 Å². The molecule has 1 aliphatic rings. The Hall–Kier alpha value is -4.26. The van der Waals surface area contributed by atoms with Crippen LogP contribution in [0.1, 0.15) is 41.4 Å². The van der Waals surface area contributed by atoms with Crippen LogP contribution in [0.5, 0.6) is 0 Å². The predicted molar refractivity (Wildman–Crippen MR) is 108 cm³/mol. The van der Waals surface area contributed by atoms with E-state index in [0.717, 1.165) is 16.5 Å². The van der Waals surface area contributed by atoms with E-state index in [0.29, 0.717) is 5.56 Å². The normalized spacial score (nSPS) is 12.6. The molecule has 30 heavy (non-hydrogen) atoms. The zero-order valence-corrected chi connectivity index (χ0v) is 15.8. The SMILES string of the molecule is COC(=O)c1cc(-c2ccccc2)ccc1N1C(=O)c2ccc(C(=O)O)cc2C1=O. The third-order valence-corrected chi connectivity index (χ3v) is 4.88. The number of hydrogen-bond donors (Lipinski definition) is 1. The van der Waals surface area contributed by atoms with Crippen LogP contribution in [0.15, 0.2) is 66.7 Å². The minimum atomic E-state index is -1.21. The predicted octanol–water partition coefficient (Wildman–Crippen LogP) is 3.64. The number of carboxylic acids is 1. The van der Waals surface area contributed by atoms with Crippen molar-refractivity contribution in [3.8, 4) is 11.1 Å². The number of rotatable bonds is 4. The Labute approximate surface area is 171 Å². The second-order valence-electron chi connectivity index (χ2n) is 6.60. The Morgan fingerprint density at radius 2 is 1.53 bits per heavy atom. The molecule has 0 atom stereocenters. The van der Waals surface area contributed by atoms with Gasteiger partial charge in [0.1, 0.15) is 0 Å². The molecule has 1 heterocycles. The number of fused-ring (bicyclic) bond motifs is 1. The van der Waals surface area contributed by atoms with Gasteiger partial charge < -0.3 is 9.84 Å². The van der Waals surface area contributed by atoms with E-state index in [1.165, 1.54) is 25.3 Å². The van der Waals surface area contributed by atoms with Gasteiger partial charge in [0.15, 0.2) is 0 Å². The quantitative estimate of drug-likeness (QED) is 0.529. The van der Waals surface area contributed by atoms with Crippen molar-refractivity contribution in [2.75, 3.05) is 12.0 Å². The van der Waals surface area contributed by atoms with Gasteiger partial charge in [-0.1, -0.05) is 36.4 Å². The lowest BCUT2D eigenvalue weighted by atomic mass is 10.0. The summed E-state index contributed by atoms with van der Waals surface area (Å²) in [7, 11) is 1.21. The largest absolute Gasteiger partial charge is 0.478 e. The Morgan fingerprint density at radius 3 is 2.20 bits per heavy atom. The molecular formula is C23H15NO6. The fourth-order valence-corrected chi connectivity index (χ4v) is 3.41. The molecule has 0 saturated heterocycles. The highest BCUT2D eigenvalue weighted by Crippen LogP contribution is 2.34. The summed E-state index contributed by atoms with van der Waals surface area (Å²) in [4.78, 5) is 50.4. The molecular weight excluding hydrogens is 386 g/mol. The summed E-state index contributed by atoms with van der Waals surface area (Å²) in [6.45, 7) is 0. The number of hydrogen-bond acceptors (Lipinski definition) is 5. The summed E-state index contributed by atoms with van der Waals surface area (Å²) in [5.41, 5.74) is 1.63. The van der Waals surface area contributed by atoms with Crippen LogP contribution in [0.4, 0.5) is 5.69 Å². The number of imide groups is 1.